The molecule has 0 spiro atoms. The van der Waals surface area contributed by atoms with Gasteiger partial charge in [-0.15, -0.1) is 0 Å². The summed E-state index contributed by atoms with van der Waals surface area (Å²) in [5.74, 6) is 0. The summed E-state index contributed by atoms with van der Waals surface area (Å²) in [6.07, 6.45) is -3.22. The first-order valence-corrected chi connectivity index (χ1v) is 3.90. The summed E-state index contributed by atoms with van der Waals surface area (Å²) in [5, 5.41) is 18.9. The predicted octanol–water partition coefficient (Wildman–Crippen LogP) is -1.52. The molecule has 0 aliphatic carbocycles. The Hall–Kier alpha value is -0.200. The normalized spacial score (nSPS) is 52.8. The Balaban J connectivity index is 2.12. The van der Waals surface area contributed by atoms with Gasteiger partial charge in [-0.2, -0.15) is 0 Å². The Morgan fingerprint density at radius 3 is 2.75 bits per heavy atom. The summed E-state index contributed by atoms with van der Waals surface area (Å²) in [4.78, 5) is 0. The van der Waals surface area contributed by atoms with Crippen LogP contribution in [0.1, 0.15) is 0 Å². The minimum atomic E-state index is -0.899. The second kappa shape index (κ2) is 2.93. The van der Waals surface area contributed by atoms with Crippen molar-refractivity contribution < 1.29 is 24.4 Å². The summed E-state index contributed by atoms with van der Waals surface area (Å²) in [6.45, 7) is 0.322. The van der Waals surface area contributed by atoms with E-state index >= 15 is 0 Å². The lowest BCUT2D eigenvalue weighted by Gasteiger charge is -2.33. The highest BCUT2D eigenvalue weighted by molar-refractivity contribution is 4.94. The van der Waals surface area contributed by atoms with E-state index in [-0.39, 0.29) is 6.10 Å². The predicted molar refractivity (Wildman–Crippen MR) is 37.4 cm³/mol. The number of ether oxygens (including phenoxy) is 3. The van der Waals surface area contributed by atoms with Crippen LogP contribution in [0.3, 0.4) is 0 Å². The van der Waals surface area contributed by atoms with Gasteiger partial charge in [0, 0.05) is 7.11 Å². The fraction of sp³-hybridized carbons (Fsp3) is 1.00. The molecule has 70 valence electrons. The highest BCUT2D eigenvalue weighted by atomic mass is 16.7. The third kappa shape index (κ3) is 1.06. The molecule has 2 bridgehead atoms. The van der Waals surface area contributed by atoms with Crippen molar-refractivity contribution in [3.63, 3.8) is 0 Å². The minimum Gasteiger partial charge on any atom is -0.387 e. The van der Waals surface area contributed by atoms with Gasteiger partial charge in [0.1, 0.15) is 24.4 Å². The summed E-state index contributed by atoms with van der Waals surface area (Å²) in [7, 11) is 1.45. The van der Waals surface area contributed by atoms with E-state index in [0.717, 1.165) is 0 Å². The monoisotopic (exact) mass is 176 g/mol. The number of fused-ring (bicyclic) bond motifs is 2. The molecule has 0 radical (unpaired) electrons. The average Bonchev–Trinajstić information content (AvgIpc) is 2.31. The second-order valence-corrected chi connectivity index (χ2v) is 3.06. The number of methoxy groups -OCH3 is 1. The van der Waals surface area contributed by atoms with Gasteiger partial charge in [0.25, 0.3) is 0 Å². The molecule has 0 aromatic heterocycles. The van der Waals surface area contributed by atoms with Crippen molar-refractivity contribution in [2.75, 3.05) is 13.7 Å². The Morgan fingerprint density at radius 1 is 1.33 bits per heavy atom. The number of hydrogen-bond donors (Lipinski definition) is 2. The lowest BCUT2D eigenvalue weighted by Crippen LogP contribution is -2.53. The number of rotatable bonds is 1. The molecular formula is C7H12O5. The lowest BCUT2D eigenvalue weighted by atomic mass is 10.0. The maximum Gasteiger partial charge on any atom is 0.186 e. The van der Waals surface area contributed by atoms with Crippen LogP contribution in [0.15, 0.2) is 0 Å². The standard InChI is InChI=1S/C7H12O5/c1-10-7-5(9)6-4(8)3(12-7)2-11-6/h3-9H,2H2,1H3/t3-,4-,5-,6+,7-/m1/s1. The van der Waals surface area contributed by atoms with Gasteiger partial charge in [0.2, 0.25) is 0 Å². The molecule has 2 aliphatic rings. The molecule has 2 saturated heterocycles. The van der Waals surface area contributed by atoms with E-state index in [1.54, 1.807) is 0 Å². The van der Waals surface area contributed by atoms with Crippen LogP contribution in [-0.4, -0.2) is 54.6 Å². The molecule has 2 rings (SSSR count). The molecule has 0 unspecified atom stereocenters. The topological polar surface area (TPSA) is 68.2 Å². The van der Waals surface area contributed by atoms with Crippen LogP contribution < -0.4 is 0 Å². The largest absolute Gasteiger partial charge is 0.387 e. The molecule has 0 saturated carbocycles. The van der Waals surface area contributed by atoms with Crippen LogP contribution >= 0.6 is 0 Å². The summed E-state index contributed by atoms with van der Waals surface area (Å²) < 4.78 is 15.2. The Labute approximate surface area is 69.8 Å². The first-order chi connectivity index (χ1) is 5.74. The van der Waals surface area contributed by atoms with Crippen LogP contribution in [0.2, 0.25) is 0 Å². The molecule has 5 nitrogen and oxygen atoms in total. The SMILES string of the molecule is CO[C@@H]1O[C@@H]2CO[C@H]([C@H]1O)[C@@H]2O. The molecular weight excluding hydrogens is 164 g/mol. The highest BCUT2D eigenvalue weighted by Crippen LogP contribution is 2.29. The van der Waals surface area contributed by atoms with Crippen LogP contribution in [0.5, 0.6) is 0 Å². The zero-order chi connectivity index (χ0) is 8.72. The smallest absolute Gasteiger partial charge is 0.186 e. The zero-order valence-electron chi connectivity index (χ0n) is 6.71. The van der Waals surface area contributed by atoms with Crippen molar-refractivity contribution in [1.29, 1.82) is 0 Å². The van der Waals surface area contributed by atoms with Crippen LogP contribution in [0, 0.1) is 0 Å². The van der Waals surface area contributed by atoms with Gasteiger partial charge in [0.05, 0.1) is 6.61 Å². The van der Waals surface area contributed by atoms with Crippen molar-refractivity contribution in [3.05, 3.63) is 0 Å². The lowest BCUT2D eigenvalue weighted by molar-refractivity contribution is -0.253. The van der Waals surface area contributed by atoms with Crippen LogP contribution in [0.25, 0.3) is 0 Å². The second-order valence-electron chi connectivity index (χ2n) is 3.06. The van der Waals surface area contributed by atoms with Crippen LogP contribution in [-0.2, 0) is 14.2 Å². The fourth-order valence-corrected chi connectivity index (χ4v) is 1.64. The van der Waals surface area contributed by atoms with E-state index in [2.05, 4.69) is 0 Å². The molecule has 2 fully saturated rings. The molecule has 0 amide bonds. The molecule has 5 atom stereocenters. The van der Waals surface area contributed by atoms with E-state index in [4.69, 9.17) is 14.2 Å². The fourth-order valence-electron chi connectivity index (χ4n) is 1.64. The van der Waals surface area contributed by atoms with Crippen molar-refractivity contribution in [1.82, 2.24) is 0 Å². The van der Waals surface area contributed by atoms with Crippen molar-refractivity contribution in [3.8, 4) is 0 Å². The molecule has 2 aliphatic heterocycles. The van der Waals surface area contributed by atoms with E-state index < -0.39 is 24.6 Å². The molecule has 2 heterocycles. The first-order valence-electron chi connectivity index (χ1n) is 3.90. The van der Waals surface area contributed by atoms with Crippen molar-refractivity contribution in [2.24, 2.45) is 0 Å². The third-order valence-corrected chi connectivity index (χ3v) is 2.33. The summed E-state index contributed by atoms with van der Waals surface area (Å²) in [6, 6.07) is 0. The Kier molecular flexibility index (Phi) is 2.05. The van der Waals surface area contributed by atoms with Gasteiger partial charge in [-0.05, 0) is 0 Å². The van der Waals surface area contributed by atoms with Gasteiger partial charge in [-0.1, -0.05) is 0 Å². The van der Waals surface area contributed by atoms with E-state index in [9.17, 15) is 10.2 Å². The van der Waals surface area contributed by atoms with Crippen molar-refractivity contribution in [2.45, 2.75) is 30.7 Å². The van der Waals surface area contributed by atoms with Gasteiger partial charge >= 0.3 is 0 Å². The Bertz CT molecular complexity index is 173. The summed E-state index contributed by atoms with van der Waals surface area (Å²) >= 11 is 0. The minimum absolute atomic E-state index is 0.322. The average molecular weight is 176 g/mol. The van der Waals surface area contributed by atoms with Gasteiger partial charge in [0.15, 0.2) is 6.29 Å². The molecule has 2 N–H and O–H groups in total. The first kappa shape index (κ1) is 8.40. The number of aliphatic hydroxyl groups excluding tert-OH is 2. The van der Waals surface area contributed by atoms with E-state index in [1.165, 1.54) is 7.11 Å². The van der Waals surface area contributed by atoms with Gasteiger partial charge in [-0.25, -0.2) is 0 Å². The molecule has 0 aromatic carbocycles. The van der Waals surface area contributed by atoms with E-state index in [0.29, 0.717) is 6.61 Å². The molecule has 0 aromatic rings. The highest BCUT2D eigenvalue weighted by Gasteiger charge is 2.50. The maximum atomic E-state index is 9.49. The quantitative estimate of drug-likeness (QED) is 0.507. The van der Waals surface area contributed by atoms with Crippen LogP contribution in [0.4, 0.5) is 0 Å². The maximum absolute atomic E-state index is 9.49. The van der Waals surface area contributed by atoms with E-state index in [1.807, 2.05) is 0 Å². The van der Waals surface area contributed by atoms with Gasteiger partial charge in [-0.3, -0.25) is 0 Å². The molecule has 5 heteroatoms. The summed E-state index contributed by atoms with van der Waals surface area (Å²) in [5.41, 5.74) is 0. The Morgan fingerprint density at radius 2 is 2.08 bits per heavy atom. The van der Waals surface area contributed by atoms with Crippen molar-refractivity contribution >= 4 is 0 Å². The third-order valence-electron chi connectivity index (χ3n) is 2.33. The number of hydrogen-bond acceptors (Lipinski definition) is 5. The zero-order valence-corrected chi connectivity index (χ0v) is 6.71. The van der Waals surface area contributed by atoms with Gasteiger partial charge < -0.3 is 24.4 Å². The number of aliphatic hydroxyl groups is 2. The molecule has 12 heavy (non-hydrogen) atoms.